The number of anilines is 1. The Morgan fingerprint density at radius 2 is 1.64 bits per heavy atom. The lowest BCUT2D eigenvalue weighted by atomic mass is 10.1. The van der Waals surface area contributed by atoms with Crippen LogP contribution in [-0.2, 0) is 19.9 Å². The van der Waals surface area contributed by atoms with Gasteiger partial charge in [-0.05, 0) is 56.5 Å². The van der Waals surface area contributed by atoms with E-state index in [9.17, 15) is 16.8 Å². The summed E-state index contributed by atoms with van der Waals surface area (Å²) >= 11 is 1.05. The van der Waals surface area contributed by atoms with E-state index in [-0.39, 0.29) is 15.0 Å². The molecule has 28 heavy (non-hydrogen) atoms. The first-order valence-corrected chi connectivity index (χ1v) is 12.7. The number of thiazole rings is 1. The molecule has 0 atom stereocenters. The Morgan fingerprint density at radius 3 is 2.25 bits per heavy atom. The van der Waals surface area contributed by atoms with Gasteiger partial charge in [-0.2, -0.15) is 0 Å². The fraction of sp³-hybridized carbons (Fsp3) is 0.316. The summed E-state index contributed by atoms with van der Waals surface area (Å²) in [4.78, 5) is 4.45. The van der Waals surface area contributed by atoms with E-state index < -0.39 is 19.9 Å². The van der Waals surface area contributed by atoms with Crippen LogP contribution in [0.25, 0.3) is 10.2 Å². The van der Waals surface area contributed by atoms with Crippen LogP contribution >= 0.6 is 11.3 Å². The predicted molar refractivity (Wildman–Crippen MR) is 113 cm³/mol. The standard InChI is InChI=1S/C19H22N2O4S3/c1-5-8-27(22,23)19-20-16-7-6-15(11-17(16)26-19)21-28(24,25)18-13(3)9-12(2)10-14(18)4/h6-7,9-11,21H,5,8H2,1-4H3. The third-order valence-corrected chi connectivity index (χ3v) is 9.31. The highest BCUT2D eigenvalue weighted by Crippen LogP contribution is 2.30. The molecule has 1 N–H and O–H groups in total. The summed E-state index contributed by atoms with van der Waals surface area (Å²) in [6.07, 6.45) is 0.512. The Balaban J connectivity index is 1.99. The molecule has 2 aromatic carbocycles. The number of fused-ring (bicyclic) bond motifs is 1. The Labute approximate surface area is 169 Å². The average Bonchev–Trinajstić information content (AvgIpc) is 2.97. The van der Waals surface area contributed by atoms with Gasteiger partial charge in [-0.1, -0.05) is 24.6 Å². The molecule has 0 aliphatic rings. The number of aryl methyl sites for hydroxylation is 3. The maximum absolute atomic E-state index is 12.9. The lowest BCUT2D eigenvalue weighted by Gasteiger charge is -2.14. The molecule has 0 aliphatic heterocycles. The SMILES string of the molecule is CCCS(=O)(=O)c1nc2ccc(NS(=O)(=O)c3c(C)cc(C)cc3C)cc2s1. The van der Waals surface area contributed by atoms with Crippen LogP contribution in [0, 0.1) is 20.8 Å². The van der Waals surface area contributed by atoms with E-state index in [0.29, 0.717) is 33.5 Å². The van der Waals surface area contributed by atoms with Gasteiger partial charge in [0.25, 0.3) is 10.0 Å². The molecule has 1 heterocycles. The molecule has 0 fully saturated rings. The molecular weight excluding hydrogens is 416 g/mol. The molecule has 0 bridgehead atoms. The lowest BCUT2D eigenvalue weighted by Crippen LogP contribution is -2.15. The van der Waals surface area contributed by atoms with Crippen molar-refractivity contribution in [2.45, 2.75) is 43.4 Å². The smallest absolute Gasteiger partial charge is 0.262 e. The van der Waals surface area contributed by atoms with E-state index in [1.807, 2.05) is 19.1 Å². The lowest BCUT2D eigenvalue weighted by molar-refractivity contribution is 0.593. The molecule has 0 unspecified atom stereocenters. The first kappa shape index (κ1) is 20.8. The zero-order chi connectivity index (χ0) is 20.7. The number of hydrogen-bond donors (Lipinski definition) is 1. The van der Waals surface area contributed by atoms with E-state index in [1.54, 1.807) is 39.0 Å². The molecule has 150 valence electrons. The second-order valence-corrected chi connectivity index (χ2v) is 11.7. The topological polar surface area (TPSA) is 93.2 Å². The highest BCUT2D eigenvalue weighted by Gasteiger charge is 2.22. The average molecular weight is 439 g/mol. The van der Waals surface area contributed by atoms with Crippen molar-refractivity contribution < 1.29 is 16.8 Å². The van der Waals surface area contributed by atoms with Gasteiger partial charge in [-0.15, -0.1) is 11.3 Å². The third kappa shape index (κ3) is 4.06. The van der Waals surface area contributed by atoms with Crippen molar-refractivity contribution in [2.75, 3.05) is 10.5 Å². The molecular formula is C19H22N2O4S3. The number of nitrogens with one attached hydrogen (secondary N) is 1. The molecule has 3 aromatic rings. The van der Waals surface area contributed by atoms with Crippen molar-refractivity contribution in [3.63, 3.8) is 0 Å². The van der Waals surface area contributed by atoms with Gasteiger partial charge in [0.15, 0.2) is 0 Å². The van der Waals surface area contributed by atoms with Crippen molar-refractivity contribution in [1.82, 2.24) is 4.98 Å². The highest BCUT2D eigenvalue weighted by molar-refractivity contribution is 7.93. The number of aromatic nitrogens is 1. The van der Waals surface area contributed by atoms with Gasteiger partial charge in [-0.25, -0.2) is 21.8 Å². The van der Waals surface area contributed by atoms with Gasteiger partial charge in [-0.3, -0.25) is 4.72 Å². The molecule has 0 spiro atoms. The van der Waals surface area contributed by atoms with Gasteiger partial charge in [0, 0.05) is 0 Å². The summed E-state index contributed by atoms with van der Waals surface area (Å²) in [6.45, 7) is 7.26. The van der Waals surface area contributed by atoms with Crippen molar-refractivity contribution in [3.8, 4) is 0 Å². The third-order valence-electron chi connectivity index (χ3n) is 4.23. The van der Waals surface area contributed by atoms with Crippen LogP contribution in [0.2, 0.25) is 0 Å². The molecule has 9 heteroatoms. The summed E-state index contributed by atoms with van der Waals surface area (Å²) in [7, 11) is -7.18. The molecule has 0 saturated heterocycles. The molecule has 1 aromatic heterocycles. The normalized spacial score (nSPS) is 12.4. The van der Waals surface area contributed by atoms with Crippen LogP contribution in [0.4, 0.5) is 5.69 Å². The largest absolute Gasteiger partial charge is 0.280 e. The molecule has 3 rings (SSSR count). The number of rotatable bonds is 6. The molecule has 0 aliphatic carbocycles. The monoisotopic (exact) mass is 438 g/mol. The summed E-state index contributed by atoms with van der Waals surface area (Å²) in [5.41, 5.74) is 3.26. The van der Waals surface area contributed by atoms with Crippen LogP contribution in [0.3, 0.4) is 0 Å². The highest BCUT2D eigenvalue weighted by atomic mass is 32.2. The zero-order valence-corrected chi connectivity index (χ0v) is 18.6. The van der Waals surface area contributed by atoms with Crippen LogP contribution in [-0.4, -0.2) is 27.6 Å². The quantitative estimate of drug-likeness (QED) is 0.622. The number of hydrogen-bond acceptors (Lipinski definition) is 6. The van der Waals surface area contributed by atoms with Gasteiger partial charge < -0.3 is 0 Å². The van der Waals surface area contributed by atoms with E-state index >= 15 is 0 Å². The summed E-state index contributed by atoms with van der Waals surface area (Å²) in [6, 6.07) is 8.50. The summed E-state index contributed by atoms with van der Waals surface area (Å²) in [5, 5.41) is 0. The minimum atomic E-state index is -3.77. The summed E-state index contributed by atoms with van der Waals surface area (Å²) < 4.78 is 53.6. The molecule has 0 amide bonds. The van der Waals surface area contributed by atoms with Crippen LogP contribution in [0.1, 0.15) is 30.0 Å². The van der Waals surface area contributed by atoms with E-state index in [2.05, 4.69) is 9.71 Å². The second-order valence-electron chi connectivity index (χ2n) is 6.81. The maximum Gasteiger partial charge on any atom is 0.262 e. The minimum absolute atomic E-state index is 0.0400. The van der Waals surface area contributed by atoms with E-state index in [1.165, 1.54) is 0 Å². The molecule has 0 saturated carbocycles. The van der Waals surface area contributed by atoms with Crippen molar-refractivity contribution in [3.05, 3.63) is 47.0 Å². The van der Waals surface area contributed by atoms with Gasteiger partial charge in [0.1, 0.15) is 0 Å². The first-order valence-electron chi connectivity index (χ1n) is 8.77. The predicted octanol–water partition coefficient (Wildman–Crippen LogP) is 4.21. The van der Waals surface area contributed by atoms with Gasteiger partial charge in [0.05, 0.1) is 26.6 Å². The van der Waals surface area contributed by atoms with Crippen molar-refractivity contribution in [1.29, 1.82) is 0 Å². The fourth-order valence-corrected chi connectivity index (χ4v) is 7.47. The minimum Gasteiger partial charge on any atom is -0.280 e. The van der Waals surface area contributed by atoms with Crippen LogP contribution in [0.5, 0.6) is 0 Å². The van der Waals surface area contributed by atoms with Crippen molar-refractivity contribution in [2.24, 2.45) is 0 Å². The van der Waals surface area contributed by atoms with E-state index in [4.69, 9.17) is 0 Å². The number of benzene rings is 2. The molecule has 6 nitrogen and oxygen atoms in total. The molecule has 0 radical (unpaired) electrons. The Hall–Kier alpha value is -1.97. The Morgan fingerprint density at radius 1 is 1.00 bits per heavy atom. The Bertz CT molecular complexity index is 1240. The van der Waals surface area contributed by atoms with E-state index in [0.717, 1.165) is 16.9 Å². The Kier molecular flexibility index (Phi) is 5.53. The zero-order valence-electron chi connectivity index (χ0n) is 16.1. The maximum atomic E-state index is 12.9. The van der Waals surface area contributed by atoms with Crippen LogP contribution in [0.15, 0.2) is 39.6 Å². The van der Waals surface area contributed by atoms with Crippen molar-refractivity contribution >= 4 is 47.1 Å². The van der Waals surface area contributed by atoms with Gasteiger partial charge in [0.2, 0.25) is 14.2 Å². The van der Waals surface area contributed by atoms with Gasteiger partial charge >= 0.3 is 0 Å². The number of sulfone groups is 1. The van der Waals surface area contributed by atoms with Crippen LogP contribution < -0.4 is 4.72 Å². The summed E-state index contributed by atoms with van der Waals surface area (Å²) in [5.74, 6) is 0.0400. The first-order chi connectivity index (χ1) is 13.0. The number of sulfonamides is 1. The fourth-order valence-electron chi connectivity index (χ4n) is 3.25. The number of nitrogens with zero attached hydrogens (tertiary/aromatic N) is 1. The second kappa shape index (κ2) is 7.46.